The van der Waals surface area contributed by atoms with Gasteiger partial charge < -0.3 is 21.1 Å². The molecule has 0 spiro atoms. The van der Waals surface area contributed by atoms with E-state index in [2.05, 4.69) is 15.6 Å². The normalized spacial score (nSPS) is 14.2. The summed E-state index contributed by atoms with van der Waals surface area (Å²) in [5.41, 5.74) is 8.99. The monoisotopic (exact) mass is 444 g/mol. The van der Waals surface area contributed by atoms with Crippen LogP contribution in [0.2, 0.25) is 0 Å². The first-order chi connectivity index (χ1) is 16.0. The molecule has 3 aromatic rings. The van der Waals surface area contributed by atoms with Crippen LogP contribution in [0, 0.1) is 0 Å². The lowest BCUT2D eigenvalue weighted by molar-refractivity contribution is -0.121. The number of ether oxygens (including phenoxy) is 1. The number of hydrogen-bond donors (Lipinski definition) is 3. The molecule has 168 valence electrons. The van der Waals surface area contributed by atoms with E-state index in [9.17, 15) is 14.4 Å². The summed E-state index contributed by atoms with van der Waals surface area (Å²) < 4.78 is 4.94. The first-order valence-corrected chi connectivity index (χ1v) is 10.7. The van der Waals surface area contributed by atoms with Crippen LogP contribution in [0.5, 0.6) is 5.75 Å². The molecule has 0 aliphatic heterocycles. The van der Waals surface area contributed by atoms with Crippen molar-refractivity contribution >= 4 is 23.6 Å². The lowest BCUT2D eigenvalue weighted by atomic mass is 10.0. The zero-order chi connectivity index (χ0) is 23.2. The Morgan fingerprint density at radius 3 is 2.73 bits per heavy atom. The number of nitrogens with one attached hydrogen (secondary N) is 2. The van der Waals surface area contributed by atoms with Gasteiger partial charge in [0.1, 0.15) is 0 Å². The molecule has 1 unspecified atom stereocenters. The third kappa shape index (κ3) is 5.54. The molecule has 3 amide bonds. The lowest BCUT2D eigenvalue weighted by Gasteiger charge is -2.15. The Hall–Kier alpha value is -4.20. The summed E-state index contributed by atoms with van der Waals surface area (Å²) in [4.78, 5) is 40.4. The molecule has 2 aromatic carbocycles. The van der Waals surface area contributed by atoms with Gasteiger partial charge >= 0.3 is 6.09 Å². The van der Waals surface area contributed by atoms with E-state index >= 15 is 0 Å². The number of carbonyl (C=O) groups is 3. The number of nitrogens with zero attached hydrogens (tertiary/aromatic N) is 1. The summed E-state index contributed by atoms with van der Waals surface area (Å²) in [5.74, 6) is -0.166. The number of amides is 3. The molecule has 0 fully saturated rings. The van der Waals surface area contributed by atoms with Gasteiger partial charge in [-0.05, 0) is 66.3 Å². The number of hydrogen-bond acceptors (Lipinski definition) is 5. The molecule has 0 bridgehead atoms. The van der Waals surface area contributed by atoms with Gasteiger partial charge in [-0.25, -0.2) is 4.79 Å². The van der Waals surface area contributed by atoms with Crippen molar-refractivity contribution in [2.45, 2.75) is 31.7 Å². The second-order valence-corrected chi connectivity index (χ2v) is 7.81. The highest BCUT2D eigenvalue weighted by atomic mass is 16.5. The first-order valence-electron chi connectivity index (χ1n) is 10.7. The third-order valence-electron chi connectivity index (χ3n) is 5.53. The van der Waals surface area contributed by atoms with Gasteiger partial charge in [-0.3, -0.25) is 14.6 Å². The molecule has 33 heavy (non-hydrogen) atoms. The third-order valence-corrected chi connectivity index (χ3v) is 5.53. The van der Waals surface area contributed by atoms with Crippen LogP contribution in [0.3, 0.4) is 0 Å². The van der Waals surface area contributed by atoms with Crippen LogP contribution in [-0.4, -0.2) is 22.9 Å². The SMILES string of the molecule is NC(=O)Oc1ccccc1NC(=O)c1ccc2c(c1)CCC2NC(=O)CCc1cccnc1. The molecule has 1 aliphatic rings. The average Bonchev–Trinajstić information content (AvgIpc) is 3.21. The number of aromatic nitrogens is 1. The summed E-state index contributed by atoms with van der Waals surface area (Å²) in [5, 5.41) is 5.85. The molecule has 1 aliphatic carbocycles. The maximum atomic E-state index is 12.8. The second kappa shape index (κ2) is 9.95. The minimum Gasteiger partial charge on any atom is -0.408 e. The van der Waals surface area contributed by atoms with Crippen LogP contribution in [0.1, 0.15) is 45.9 Å². The van der Waals surface area contributed by atoms with E-state index in [0.717, 1.165) is 29.5 Å². The number of para-hydroxylation sites is 2. The zero-order valence-corrected chi connectivity index (χ0v) is 17.9. The molecular formula is C25H24N4O4. The fourth-order valence-corrected chi connectivity index (χ4v) is 3.94. The summed E-state index contributed by atoms with van der Waals surface area (Å²) in [6.07, 6.45) is 5.11. The van der Waals surface area contributed by atoms with Gasteiger partial charge in [0.15, 0.2) is 5.75 Å². The Balaban J connectivity index is 1.39. The van der Waals surface area contributed by atoms with Crippen LogP contribution in [0.4, 0.5) is 10.5 Å². The molecule has 0 saturated heterocycles. The molecule has 1 aromatic heterocycles. The molecule has 8 nitrogen and oxygen atoms in total. The standard InChI is InChI=1S/C25H24N4O4/c26-25(32)33-22-6-2-1-5-21(22)29-24(31)18-8-10-19-17(14-18)9-11-20(19)28-23(30)12-7-16-4-3-13-27-15-16/h1-6,8,10,13-15,20H,7,9,11-12H2,(H2,26,32)(H,28,30)(H,29,31). The second-order valence-electron chi connectivity index (χ2n) is 7.81. The predicted molar refractivity (Wildman–Crippen MR) is 123 cm³/mol. The van der Waals surface area contributed by atoms with E-state index in [1.54, 1.807) is 42.7 Å². The van der Waals surface area contributed by atoms with E-state index in [1.165, 1.54) is 0 Å². The quantitative estimate of drug-likeness (QED) is 0.514. The Labute approximate surface area is 191 Å². The molecule has 0 radical (unpaired) electrons. The Morgan fingerprint density at radius 2 is 1.94 bits per heavy atom. The highest BCUT2D eigenvalue weighted by Crippen LogP contribution is 2.32. The maximum Gasteiger partial charge on any atom is 0.410 e. The predicted octanol–water partition coefficient (Wildman–Crippen LogP) is 3.53. The van der Waals surface area contributed by atoms with Crippen LogP contribution < -0.4 is 21.1 Å². The number of carbonyl (C=O) groups excluding carboxylic acids is 3. The highest BCUT2D eigenvalue weighted by Gasteiger charge is 2.25. The van der Waals surface area contributed by atoms with E-state index in [4.69, 9.17) is 10.5 Å². The van der Waals surface area contributed by atoms with Gasteiger partial charge in [-0.15, -0.1) is 0 Å². The fraction of sp³-hybridized carbons (Fsp3) is 0.200. The van der Waals surface area contributed by atoms with Crippen molar-refractivity contribution in [3.05, 3.63) is 89.2 Å². The smallest absolute Gasteiger partial charge is 0.408 e. The number of anilines is 1. The number of nitrogens with two attached hydrogens (primary N) is 1. The largest absolute Gasteiger partial charge is 0.410 e. The fourth-order valence-electron chi connectivity index (χ4n) is 3.94. The molecule has 0 saturated carbocycles. The van der Waals surface area contributed by atoms with Gasteiger partial charge in [0, 0.05) is 24.4 Å². The number of benzene rings is 2. The van der Waals surface area contributed by atoms with Crippen molar-refractivity contribution in [2.24, 2.45) is 5.73 Å². The molecular weight excluding hydrogens is 420 g/mol. The molecule has 1 heterocycles. The van der Waals surface area contributed by atoms with Crippen molar-refractivity contribution in [1.29, 1.82) is 0 Å². The Kier molecular flexibility index (Phi) is 6.64. The van der Waals surface area contributed by atoms with Crippen molar-refractivity contribution in [3.8, 4) is 5.75 Å². The minimum atomic E-state index is -0.956. The van der Waals surface area contributed by atoms with Gasteiger partial charge in [0.05, 0.1) is 11.7 Å². The van der Waals surface area contributed by atoms with Crippen molar-refractivity contribution in [3.63, 3.8) is 0 Å². The summed E-state index contributed by atoms with van der Waals surface area (Å²) in [6.45, 7) is 0. The van der Waals surface area contributed by atoms with Gasteiger partial charge in [-0.2, -0.15) is 0 Å². The van der Waals surface area contributed by atoms with Crippen molar-refractivity contribution in [2.75, 3.05) is 5.32 Å². The number of rotatable bonds is 7. The first kappa shape index (κ1) is 22.0. The van der Waals surface area contributed by atoms with Crippen molar-refractivity contribution < 1.29 is 19.1 Å². The number of pyridine rings is 1. The van der Waals surface area contributed by atoms with E-state index in [1.807, 2.05) is 24.3 Å². The van der Waals surface area contributed by atoms with E-state index < -0.39 is 6.09 Å². The van der Waals surface area contributed by atoms with E-state index in [-0.39, 0.29) is 23.6 Å². The summed E-state index contributed by atoms with van der Waals surface area (Å²) in [6, 6.07) is 15.8. The number of primary amides is 1. The average molecular weight is 444 g/mol. The van der Waals surface area contributed by atoms with Crippen LogP contribution >= 0.6 is 0 Å². The van der Waals surface area contributed by atoms with Crippen LogP contribution in [0.25, 0.3) is 0 Å². The molecule has 8 heteroatoms. The van der Waals surface area contributed by atoms with E-state index in [0.29, 0.717) is 24.1 Å². The molecule has 1 atom stereocenters. The Morgan fingerprint density at radius 1 is 1.09 bits per heavy atom. The number of aryl methyl sites for hydroxylation is 2. The zero-order valence-electron chi connectivity index (χ0n) is 17.9. The lowest BCUT2D eigenvalue weighted by Crippen LogP contribution is -2.27. The van der Waals surface area contributed by atoms with Gasteiger partial charge in [0.25, 0.3) is 5.91 Å². The Bertz CT molecular complexity index is 1180. The highest BCUT2D eigenvalue weighted by molar-refractivity contribution is 6.05. The van der Waals surface area contributed by atoms with Crippen LogP contribution in [-0.2, 0) is 17.6 Å². The van der Waals surface area contributed by atoms with Crippen molar-refractivity contribution in [1.82, 2.24) is 10.3 Å². The minimum absolute atomic E-state index is 0.00965. The molecule has 4 rings (SSSR count). The van der Waals surface area contributed by atoms with Crippen LogP contribution in [0.15, 0.2) is 67.0 Å². The maximum absolute atomic E-state index is 12.8. The summed E-state index contributed by atoms with van der Waals surface area (Å²) in [7, 11) is 0. The van der Waals surface area contributed by atoms with Gasteiger partial charge in [0.2, 0.25) is 5.91 Å². The number of fused-ring (bicyclic) bond motifs is 1. The summed E-state index contributed by atoms with van der Waals surface area (Å²) >= 11 is 0. The molecule has 4 N–H and O–H groups in total. The topological polar surface area (TPSA) is 123 Å². The van der Waals surface area contributed by atoms with Gasteiger partial charge in [-0.1, -0.05) is 24.3 Å².